The van der Waals surface area contributed by atoms with Gasteiger partial charge in [-0.25, -0.2) is 8.42 Å². The predicted molar refractivity (Wildman–Crippen MR) is 98.0 cm³/mol. The van der Waals surface area contributed by atoms with E-state index in [1.54, 1.807) is 18.2 Å². The summed E-state index contributed by atoms with van der Waals surface area (Å²) in [6.45, 7) is 1.90. The van der Waals surface area contributed by atoms with Crippen LogP contribution in [0.3, 0.4) is 0 Å². The number of rotatable bonds is 7. The van der Waals surface area contributed by atoms with Crippen molar-refractivity contribution in [2.24, 2.45) is 5.73 Å². The molecule has 2 aromatic rings. The molecule has 2 aromatic carbocycles. The number of nitrogens with two attached hydrogens (primary N) is 1. The standard InChI is InChI=1S/C19H24N2O3S/c20-11-5-12-21(15-16-6-2-1-3-7-16)25(22,23)18-9-10-19-17(14-18)8-4-13-24-19/h1-3,6-7,9-10,14H,4-5,8,11-13,15,20H2. The second kappa shape index (κ2) is 7.99. The Bertz CT molecular complexity index is 807. The fourth-order valence-corrected chi connectivity index (χ4v) is 4.50. The average Bonchev–Trinajstić information content (AvgIpc) is 2.65. The largest absolute Gasteiger partial charge is 0.493 e. The van der Waals surface area contributed by atoms with Gasteiger partial charge in [-0.05, 0) is 55.1 Å². The summed E-state index contributed by atoms with van der Waals surface area (Å²) < 4.78 is 33.4. The van der Waals surface area contributed by atoms with E-state index in [1.807, 2.05) is 30.3 Å². The van der Waals surface area contributed by atoms with Crippen molar-refractivity contribution in [3.63, 3.8) is 0 Å². The summed E-state index contributed by atoms with van der Waals surface area (Å²) in [6, 6.07) is 14.8. The van der Waals surface area contributed by atoms with Crippen molar-refractivity contribution >= 4 is 10.0 Å². The molecule has 0 atom stereocenters. The quantitative estimate of drug-likeness (QED) is 0.824. The maximum Gasteiger partial charge on any atom is 0.243 e. The highest BCUT2D eigenvalue weighted by atomic mass is 32.2. The molecule has 0 unspecified atom stereocenters. The van der Waals surface area contributed by atoms with Gasteiger partial charge < -0.3 is 10.5 Å². The van der Waals surface area contributed by atoms with Crippen LogP contribution >= 0.6 is 0 Å². The van der Waals surface area contributed by atoms with Crippen LogP contribution in [-0.2, 0) is 23.0 Å². The Kier molecular flexibility index (Phi) is 5.73. The van der Waals surface area contributed by atoms with E-state index < -0.39 is 10.0 Å². The van der Waals surface area contributed by atoms with Crippen LogP contribution in [0.4, 0.5) is 0 Å². The van der Waals surface area contributed by atoms with E-state index in [0.29, 0.717) is 37.6 Å². The molecule has 0 bridgehead atoms. The number of ether oxygens (including phenoxy) is 1. The molecule has 1 heterocycles. The van der Waals surface area contributed by atoms with Gasteiger partial charge in [0.15, 0.2) is 0 Å². The van der Waals surface area contributed by atoms with Crippen LogP contribution in [-0.4, -0.2) is 32.4 Å². The first-order chi connectivity index (χ1) is 12.1. The lowest BCUT2D eigenvalue weighted by Crippen LogP contribution is -2.32. The highest BCUT2D eigenvalue weighted by molar-refractivity contribution is 7.89. The van der Waals surface area contributed by atoms with E-state index in [-0.39, 0.29) is 0 Å². The molecule has 6 heteroatoms. The topological polar surface area (TPSA) is 72.6 Å². The van der Waals surface area contributed by atoms with Gasteiger partial charge in [0, 0.05) is 13.1 Å². The van der Waals surface area contributed by atoms with Crippen molar-refractivity contribution in [3.05, 3.63) is 59.7 Å². The highest BCUT2D eigenvalue weighted by Crippen LogP contribution is 2.29. The number of hydrogen-bond acceptors (Lipinski definition) is 4. The van der Waals surface area contributed by atoms with E-state index >= 15 is 0 Å². The number of sulfonamides is 1. The van der Waals surface area contributed by atoms with Gasteiger partial charge in [0.2, 0.25) is 10.0 Å². The fraction of sp³-hybridized carbons (Fsp3) is 0.368. The van der Waals surface area contributed by atoms with Gasteiger partial charge in [0.05, 0.1) is 11.5 Å². The molecule has 0 fully saturated rings. The van der Waals surface area contributed by atoms with E-state index in [1.165, 1.54) is 4.31 Å². The van der Waals surface area contributed by atoms with Crippen molar-refractivity contribution in [2.45, 2.75) is 30.7 Å². The maximum absolute atomic E-state index is 13.2. The number of aryl methyl sites for hydroxylation is 1. The van der Waals surface area contributed by atoms with Crippen LogP contribution in [0.25, 0.3) is 0 Å². The molecule has 0 aliphatic carbocycles. The SMILES string of the molecule is NCCCN(Cc1ccccc1)S(=O)(=O)c1ccc2c(c1)CCCO2. The minimum absolute atomic E-state index is 0.324. The number of fused-ring (bicyclic) bond motifs is 1. The monoisotopic (exact) mass is 360 g/mol. The van der Waals surface area contributed by atoms with Crippen molar-refractivity contribution in [2.75, 3.05) is 19.7 Å². The lowest BCUT2D eigenvalue weighted by atomic mass is 10.1. The van der Waals surface area contributed by atoms with E-state index in [2.05, 4.69) is 0 Å². The Hall–Kier alpha value is -1.89. The first kappa shape index (κ1) is 17.9. The normalized spacial score (nSPS) is 14.2. The molecule has 25 heavy (non-hydrogen) atoms. The summed E-state index contributed by atoms with van der Waals surface area (Å²) in [7, 11) is -3.58. The average molecular weight is 360 g/mol. The zero-order chi connectivity index (χ0) is 17.7. The Morgan fingerprint density at radius 2 is 1.92 bits per heavy atom. The van der Waals surface area contributed by atoms with Gasteiger partial charge in [-0.1, -0.05) is 30.3 Å². The summed E-state index contributed by atoms with van der Waals surface area (Å²) in [6.07, 6.45) is 2.39. The Labute approximate surface area is 149 Å². The van der Waals surface area contributed by atoms with Crippen LogP contribution in [0.2, 0.25) is 0 Å². The molecule has 1 aliphatic rings. The molecule has 0 aromatic heterocycles. The lowest BCUT2D eigenvalue weighted by Gasteiger charge is -2.24. The third-order valence-corrected chi connectivity index (χ3v) is 6.17. The van der Waals surface area contributed by atoms with Gasteiger partial charge in [0.25, 0.3) is 0 Å². The number of benzene rings is 2. The molecule has 2 N–H and O–H groups in total. The lowest BCUT2D eigenvalue weighted by molar-refractivity contribution is 0.288. The minimum Gasteiger partial charge on any atom is -0.493 e. The third kappa shape index (κ3) is 4.21. The summed E-state index contributed by atoms with van der Waals surface area (Å²) in [5.41, 5.74) is 7.53. The predicted octanol–water partition coefficient (Wildman–Crippen LogP) is 2.55. The van der Waals surface area contributed by atoms with Crippen LogP contribution in [0.1, 0.15) is 24.0 Å². The molecule has 5 nitrogen and oxygen atoms in total. The zero-order valence-electron chi connectivity index (χ0n) is 14.2. The number of nitrogens with zero attached hydrogens (tertiary/aromatic N) is 1. The van der Waals surface area contributed by atoms with Crippen molar-refractivity contribution in [1.82, 2.24) is 4.31 Å². The van der Waals surface area contributed by atoms with Gasteiger partial charge in [-0.15, -0.1) is 0 Å². The van der Waals surface area contributed by atoms with Gasteiger partial charge >= 0.3 is 0 Å². The smallest absolute Gasteiger partial charge is 0.243 e. The van der Waals surface area contributed by atoms with E-state index in [9.17, 15) is 8.42 Å². The van der Waals surface area contributed by atoms with Gasteiger partial charge in [-0.3, -0.25) is 0 Å². The summed E-state index contributed by atoms with van der Waals surface area (Å²) in [5, 5.41) is 0. The Morgan fingerprint density at radius 3 is 2.68 bits per heavy atom. The van der Waals surface area contributed by atoms with Crippen LogP contribution < -0.4 is 10.5 Å². The number of hydrogen-bond donors (Lipinski definition) is 1. The van der Waals surface area contributed by atoms with Gasteiger partial charge in [0.1, 0.15) is 5.75 Å². The highest BCUT2D eigenvalue weighted by Gasteiger charge is 2.25. The molecule has 0 radical (unpaired) electrons. The molecule has 1 aliphatic heterocycles. The van der Waals surface area contributed by atoms with Crippen LogP contribution in [0.5, 0.6) is 5.75 Å². The molecular formula is C19H24N2O3S. The van der Waals surface area contributed by atoms with Crippen molar-refractivity contribution < 1.29 is 13.2 Å². The van der Waals surface area contributed by atoms with Crippen molar-refractivity contribution in [1.29, 1.82) is 0 Å². The molecule has 0 saturated carbocycles. The maximum atomic E-state index is 13.2. The molecule has 0 spiro atoms. The second-order valence-electron chi connectivity index (χ2n) is 6.19. The van der Waals surface area contributed by atoms with Crippen LogP contribution in [0.15, 0.2) is 53.4 Å². The zero-order valence-corrected chi connectivity index (χ0v) is 15.0. The summed E-state index contributed by atoms with van der Waals surface area (Å²) >= 11 is 0. The fourth-order valence-electron chi connectivity index (χ4n) is 2.99. The summed E-state index contributed by atoms with van der Waals surface area (Å²) in [4.78, 5) is 0.324. The van der Waals surface area contributed by atoms with Gasteiger partial charge in [-0.2, -0.15) is 4.31 Å². The molecule has 0 saturated heterocycles. The van der Waals surface area contributed by atoms with Crippen LogP contribution in [0, 0.1) is 0 Å². The Balaban J connectivity index is 1.90. The van der Waals surface area contributed by atoms with E-state index in [4.69, 9.17) is 10.5 Å². The second-order valence-corrected chi connectivity index (χ2v) is 8.13. The molecule has 0 amide bonds. The summed E-state index contributed by atoms with van der Waals surface area (Å²) in [5.74, 6) is 0.793. The molecule has 134 valence electrons. The third-order valence-electron chi connectivity index (χ3n) is 4.33. The molecular weight excluding hydrogens is 336 g/mol. The van der Waals surface area contributed by atoms with Crippen molar-refractivity contribution in [3.8, 4) is 5.75 Å². The van der Waals surface area contributed by atoms with E-state index in [0.717, 1.165) is 29.7 Å². The minimum atomic E-state index is -3.58. The first-order valence-electron chi connectivity index (χ1n) is 8.61. The Morgan fingerprint density at radius 1 is 1.12 bits per heavy atom. The molecule has 3 rings (SSSR count). The first-order valence-corrected chi connectivity index (χ1v) is 10.0.